The van der Waals surface area contributed by atoms with Gasteiger partial charge in [0.15, 0.2) is 0 Å². The van der Waals surface area contributed by atoms with Crippen molar-refractivity contribution in [2.75, 3.05) is 32.1 Å². The first kappa shape index (κ1) is 18.9. The molecule has 8 heteroatoms. The number of amides is 2. The van der Waals surface area contributed by atoms with E-state index in [1.54, 1.807) is 26.3 Å². The summed E-state index contributed by atoms with van der Waals surface area (Å²) in [5, 5.41) is 9.71. The fraction of sp³-hybridized carbons (Fsp3) is 0.421. The number of hydrogen-bond donors (Lipinski definition) is 3. The molecular weight excluding hydrogens is 348 g/mol. The molecule has 3 rings (SSSR count). The smallest absolute Gasteiger partial charge is 0.319 e. The van der Waals surface area contributed by atoms with Crippen molar-refractivity contribution in [3.05, 3.63) is 30.5 Å². The Bertz CT molecular complexity index is 826. The van der Waals surface area contributed by atoms with E-state index in [9.17, 15) is 9.59 Å². The fourth-order valence-electron chi connectivity index (χ4n) is 3.22. The standard InChI is InChI=1S/C19H24N4O4/c1-3-27-18(24)14-11-20-8-6-17(14)23-19(25)22-16-7-9-21-15-5-4-12(26-2)10-13(15)16/h4-5,7,9-10,14,17,20H,3,6,8,11H2,1-2H3,(H2,21,22,23,25)/t14-,17+/m1/s1. The molecule has 1 saturated heterocycles. The van der Waals surface area contributed by atoms with Gasteiger partial charge in [-0.25, -0.2) is 4.79 Å². The lowest BCUT2D eigenvalue weighted by Crippen LogP contribution is -2.53. The van der Waals surface area contributed by atoms with Gasteiger partial charge in [0.25, 0.3) is 0 Å². The number of nitrogens with zero attached hydrogens (tertiary/aromatic N) is 1. The Morgan fingerprint density at radius 2 is 2.19 bits per heavy atom. The molecule has 0 aliphatic carbocycles. The van der Waals surface area contributed by atoms with Crippen LogP contribution in [0.5, 0.6) is 5.75 Å². The van der Waals surface area contributed by atoms with Gasteiger partial charge < -0.3 is 25.4 Å². The second-order valence-corrected chi connectivity index (χ2v) is 6.30. The minimum absolute atomic E-state index is 0.284. The summed E-state index contributed by atoms with van der Waals surface area (Å²) in [6.07, 6.45) is 2.29. The number of nitrogens with one attached hydrogen (secondary N) is 3. The molecule has 2 amide bonds. The number of piperidine rings is 1. The van der Waals surface area contributed by atoms with Gasteiger partial charge >= 0.3 is 12.0 Å². The molecule has 2 aromatic rings. The highest BCUT2D eigenvalue weighted by Crippen LogP contribution is 2.26. The molecule has 1 aromatic carbocycles. The fourth-order valence-corrected chi connectivity index (χ4v) is 3.22. The number of methoxy groups -OCH3 is 1. The van der Waals surface area contributed by atoms with Crippen LogP contribution in [0.2, 0.25) is 0 Å². The SMILES string of the molecule is CCOC(=O)[C@@H]1CNCC[C@@H]1NC(=O)Nc1ccnc2ccc(OC)cc12. The molecular formula is C19H24N4O4. The molecule has 1 fully saturated rings. The van der Waals surface area contributed by atoms with Crippen molar-refractivity contribution in [2.45, 2.75) is 19.4 Å². The summed E-state index contributed by atoms with van der Waals surface area (Å²) in [4.78, 5) is 29.0. The van der Waals surface area contributed by atoms with Crippen LogP contribution in [-0.2, 0) is 9.53 Å². The summed E-state index contributed by atoms with van der Waals surface area (Å²) in [6, 6.07) is 6.55. The number of aromatic nitrogens is 1. The topological polar surface area (TPSA) is 102 Å². The minimum atomic E-state index is -0.404. The number of rotatable bonds is 5. The van der Waals surface area contributed by atoms with Crippen molar-refractivity contribution in [1.29, 1.82) is 0 Å². The van der Waals surface area contributed by atoms with Crippen molar-refractivity contribution in [2.24, 2.45) is 5.92 Å². The zero-order valence-corrected chi connectivity index (χ0v) is 15.5. The maximum Gasteiger partial charge on any atom is 0.319 e. The summed E-state index contributed by atoms with van der Waals surface area (Å²) >= 11 is 0. The first-order chi connectivity index (χ1) is 13.1. The lowest BCUT2D eigenvalue weighted by molar-refractivity contribution is -0.149. The molecule has 1 aliphatic heterocycles. The number of ether oxygens (including phenoxy) is 2. The van der Waals surface area contributed by atoms with Crippen LogP contribution in [0.1, 0.15) is 13.3 Å². The molecule has 0 saturated carbocycles. The number of benzene rings is 1. The van der Waals surface area contributed by atoms with Crippen molar-refractivity contribution in [3.63, 3.8) is 0 Å². The Hall–Kier alpha value is -2.87. The maximum atomic E-state index is 12.6. The van der Waals surface area contributed by atoms with Crippen molar-refractivity contribution >= 4 is 28.6 Å². The quantitative estimate of drug-likeness (QED) is 0.693. The molecule has 1 aliphatic rings. The lowest BCUT2D eigenvalue weighted by Gasteiger charge is -2.31. The van der Waals surface area contributed by atoms with Gasteiger partial charge in [0.05, 0.1) is 30.8 Å². The second-order valence-electron chi connectivity index (χ2n) is 6.30. The Kier molecular flexibility index (Phi) is 6.08. The zero-order valence-electron chi connectivity index (χ0n) is 15.5. The van der Waals surface area contributed by atoms with Crippen LogP contribution < -0.4 is 20.7 Å². The third-order valence-corrected chi connectivity index (χ3v) is 4.58. The molecule has 3 N–H and O–H groups in total. The van der Waals surface area contributed by atoms with Gasteiger partial charge in [-0.2, -0.15) is 0 Å². The maximum absolute atomic E-state index is 12.6. The van der Waals surface area contributed by atoms with E-state index >= 15 is 0 Å². The van der Waals surface area contributed by atoms with Crippen LogP contribution in [-0.4, -0.2) is 49.8 Å². The van der Waals surface area contributed by atoms with Crippen LogP contribution in [0.4, 0.5) is 10.5 Å². The third-order valence-electron chi connectivity index (χ3n) is 4.58. The number of carbonyl (C=O) groups excluding carboxylic acids is 2. The van der Waals surface area contributed by atoms with E-state index in [1.807, 2.05) is 18.2 Å². The van der Waals surface area contributed by atoms with Gasteiger partial charge in [-0.15, -0.1) is 0 Å². The van der Waals surface area contributed by atoms with Gasteiger partial charge in [-0.3, -0.25) is 9.78 Å². The van der Waals surface area contributed by atoms with E-state index in [4.69, 9.17) is 9.47 Å². The van der Waals surface area contributed by atoms with Crippen molar-refractivity contribution in [1.82, 2.24) is 15.6 Å². The Morgan fingerprint density at radius 3 is 2.96 bits per heavy atom. The molecule has 8 nitrogen and oxygen atoms in total. The molecule has 27 heavy (non-hydrogen) atoms. The lowest BCUT2D eigenvalue weighted by atomic mass is 9.93. The zero-order chi connectivity index (χ0) is 19.2. The number of carbonyl (C=O) groups is 2. The van der Waals surface area contributed by atoms with Crippen LogP contribution >= 0.6 is 0 Å². The van der Waals surface area contributed by atoms with Gasteiger partial charge in [0.2, 0.25) is 0 Å². The number of pyridine rings is 1. The molecule has 0 radical (unpaired) electrons. The van der Waals surface area contributed by atoms with E-state index < -0.39 is 5.92 Å². The summed E-state index contributed by atoms with van der Waals surface area (Å²) in [5.74, 6) is -0.0208. The summed E-state index contributed by atoms with van der Waals surface area (Å²) in [7, 11) is 1.59. The molecule has 0 spiro atoms. The van der Waals surface area contributed by atoms with E-state index in [2.05, 4.69) is 20.9 Å². The van der Waals surface area contributed by atoms with E-state index in [0.717, 1.165) is 17.4 Å². The summed E-state index contributed by atoms with van der Waals surface area (Å²) in [6.45, 7) is 3.31. The second kappa shape index (κ2) is 8.68. The molecule has 0 bridgehead atoms. The van der Waals surface area contributed by atoms with Crippen LogP contribution in [0.15, 0.2) is 30.5 Å². The predicted molar refractivity (Wildman–Crippen MR) is 102 cm³/mol. The number of anilines is 1. The molecule has 2 heterocycles. The van der Waals surface area contributed by atoms with E-state index in [1.165, 1.54) is 0 Å². The minimum Gasteiger partial charge on any atom is -0.497 e. The van der Waals surface area contributed by atoms with Gasteiger partial charge in [-0.1, -0.05) is 0 Å². The monoisotopic (exact) mass is 372 g/mol. The predicted octanol–water partition coefficient (Wildman–Crippen LogP) is 1.91. The van der Waals surface area contributed by atoms with Gasteiger partial charge in [0, 0.05) is 24.2 Å². The average Bonchev–Trinajstić information content (AvgIpc) is 2.68. The highest BCUT2D eigenvalue weighted by Gasteiger charge is 2.33. The average molecular weight is 372 g/mol. The van der Waals surface area contributed by atoms with Crippen LogP contribution in [0, 0.1) is 5.92 Å². The Balaban J connectivity index is 1.73. The number of urea groups is 1. The van der Waals surface area contributed by atoms with Crippen LogP contribution in [0.3, 0.4) is 0 Å². The highest BCUT2D eigenvalue weighted by molar-refractivity contribution is 6.00. The number of hydrogen-bond acceptors (Lipinski definition) is 6. The number of fused-ring (bicyclic) bond motifs is 1. The van der Waals surface area contributed by atoms with E-state index in [-0.39, 0.29) is 18.0 Å². The molecule has 1 aromatic heterocycles. The van der Waals surface area contributed by atoms with Crippen LogP contribution in [0.25, 0.3) is 10.9 Å². The Morgan fingerprint density at radius 1 is 1.33 bits per heavy atom. The summed E-state index contributed by atoms with van der Waals surface area (Å²) < 4.78 is 10.4. The van der Waals surface area contributed by atoms with Gasteiger partial charge in [-0.05, 0) is 44.2 Å². The first-order valence-corrected chi connectivity index (χ1v) is 9.00. The van der Waals surface area contributed by atoms with E-state index in [0.29, 0.717) is 31.0 Å². The highest BCUT2D eigenvalue weighted by atomic mass is 16.5. The summed E-state index contributed by atoms with van der Waals surface area (Å²) in [5.41, 5.74) is 1.37. The third kappa shape index (κ3) is 4.46. The normalized spacial score (nSPS) is 19.3. The van der Waals surface area contributed by atoms with Gasteiger partial charge in [0.1, 0.15) is 5.75 Å². The molecule has 0 unspecified atom stereocenters. The first-order valence-electron chi connectivity index (χ1n) is 9.00. The molecule has 144 valence electrons. The number of esters is 1. The largest absolute Gasteiger partial charge is 0.497 e. The Labute approximate surface area is 157 Å². The van der Waals surface area contributed by atoms with Crippen molar-refractivity contribution < 1.29 is 19.1 Å². The van der Waals surface area contributed by atoms with Crippen molar-refractivity contribution in [3.8, 4) is 5.75 Å². The molecule has 2 atom stereocenters.